The van der Waals surface area contributed by atoms with Crippen molar-refractivity contribution in [2.45, 2.75) is 50.3 Å². The first-order valence-electron chi connectivity index (χ1n) is 23.2. The molecule has 0 atom stereocenters. The number of fused-ring (bicyclic) bond motifs is 2. The molecule has 8 aromatic rings. The number of hydrogen-bond acceptors (Lipinski definition) is 15. The van der Waals surface area contributed by atoms with Crippen molar-refractivity contribution in [2.24, 2.45) is 25.4 Å². The quantitative estimate of drug-likeness (QED) is 0.0231. The minimum atomic E-state index is -4.55. The molecule has 0 aliphatic rings. The minimum Gasteiger partial charge on any atom is -0.871 e. The molecule has 0 aliphatic heterocycles. The van der Waals surface area contributed by atoms with Crippen LogP contribution >= 0.6 is 23.2 Å². The molecule has 0 fully saturated rings. The molecule has 77 heavy (non-hydrogen) atoms. The SMILES string of the molecule is CCOc1ccccc1N=C([O-])c1cc2ccccc2c(N=Nc2cc(Cl)c(S(=O)(=O)O)c(CC)c2)c1[O-].CCOc1ccccc1NC(=O)c1cc2ccccc2c(N=Nc2cc(Cl)c(S(=O)(=O)O)c(CC)c2)c1O.[Ba+2]. The van der Waals surface area contributed by atoms with Crippen LogP contribution in [0.4, 0.5) is 34.1 Å². The van der Waals surface area contributed by atoms with Crippen molar-refractivity contribution < 1.29 is 55.5 Å². The molecule has 1 amide bonds. The van der Waals surface area contributed by atoms with Crippen LogP contribution in [0.1, 0.15) is 54.7 Å². The molecule has 0 spiro atoms. The van der Waals surface area contributed by atoms with E-state index in [1.807, 2.05) is 13.8 Å². The number of phenols is 1. The topological polar surface area (TPSA) is 284 Å². The number of hydrogen-bond donors (Lipinski definition) is 4. The van der Waals surface area contributed by atoms with Crippen molar-refractivity contribution in [3.05, 3.63) is 166 Å². The van der Waals surface area contributed by atoms with Gasteiger partial charge in [-0.1, -0.05) is 116 Å². The third-order valence-corrected chi connectivity index (χ3v) is 14.1. The van der Waals surface area contributed by atoms with Gasteiger partial charge in [-0.25, -0.2) is 0 Å². The summed E-state index contributed by atoms with van der Waals surface area (Å²) >= 11 is 12.2. The fourth-order valence-electron chi connectivity index (χ4n) is 7.90. The van der Waals surface area contributed by atoms with E-state index in [-0.39, 0.29) is 127 Å². The number of para-hydroxylation sites is 4. The Bertz CT molecular complexity index is 3860. The van der Waals surface area contributed by atoms with E-state index in [4.69, 9.17) is 32.7 Å². The van der Waals surface area contributed by atoms with E-state index in [1.165, 1.54) is 30.3 Å². The molecule has 8 aromatic carbocycles. The molecular formula is C54H46BaCl2N6O12S2. The molecule has 0 heterocycles. The normalized spacial score (nSPS) is 11.9. The van der Waals surface area contributed by atoms with Gasteiger partial charge in [0.05, 0.1) is 51.6 Å². The number of ether oxygens (including phenoxy) is 2. The number of aromatic hydroxyl groups is 1. The van der Waals surface area contributed by atoms with E-state index in [0.717, 1.165) is 0 Å². The summed E-state index contributed by atoms with van der Waals surface area (Å²) in [4.78, 5) is 16.5. The van der Waals surface area contributed by atoms with Crippen molar-refractivity contribution in [1.82, 2.24) is 0 Å². The summed E-state index contributed by atoms with van der Waals surface area (Å²) in [5.41, 5.74) is 1.30. The zero-order valence-corrected chi connectivity index (χ0v) is 49.1. The van der Waals surface area contributed by atoms with Crippen LogP contribution in [-0.4, -0.2) is 105 Å². The van der Waals surface area contributed by atoms with Crippen molar-refractivity contribution in [3.63, 3.8) is 0 Å². The largest absolute Gasteiger partial charge is 2.00 e. The molecule has 0 aliphatic carbocycles. The van der Waals surface area contributed by atoms with Crippen LogP contribution < -0.4 is 25.0 Å². The molecule has 0 aromatic heterocycles. The van der Waals surface area contributed by atoms with Crippen LogP contribution in [0.5, 0.6) is 23.0 Å². The third kappa shape index (κ3) is 14.2. The second kappa shape index (κ2) is 26.3. The van der Waals surface area contributed by atoms with E-state index in [0.29, 0.717) is 51.9 Å². The number of rotatable bonds is 16. The molecule has 0 saturated heterocycles. The van der Waals surface area contributed by atoms with Gasteiger partial charge in [-0.3, -0.25) is 18.9 Å². The van der Waals surface area contributed by atoms with E-state index in [9.17, 15) is 46.1 Å². The number of aryl methyl sites for hydroxylation is 2. The molecular weight excluding hydrogens is 1200 g/mol. The summed E-state index contributed by atoms with van der Waals surface area (Å²) in [7, 11) is -9.10. The number of aliphatic imine (C=N–C) groups is 1. The number of benzene rings is 8. The molecule has 23 heteroatoms. The predicted octanol–water partition coefficient (Wildman–Crippen LogP) is 12.3. The summed E-state index contributed by atoms with van der Waals surface area (Å²) < 4.78 is 77.1. The number of anilines is 1. The van der Waals surface area contributed by atoms with Crippen LogP contribution in [-0.2, 0) is 33.1 Å². The van der Waals surface area contributed by atoms with Crippen molar-refractivity contribution in [2.75, 3.05) is 18.5 Å². The first kappa shape index (κ1) is 59.8. The van der Waals surface area contributed by atoms with Crippen molar-refractivity contribution in [3.8, 4) is 23.0 Å². The Hall–Kier alpha value is -6.41. The number of carbonyl (C=O) groups is 1. The minimum absolute atomic E-state index is 0. The van der Waals surface area contributed by atoms with Crippen LogP contribution in [0, 0.1) is 0 Å². The van der Waals surface area contributed by atoms with E-state index in [1.54, 1.807) is 117 Å². The Morgan fingerprint density at radius 1 is 0.610 bits per heavy atom. The van der Waals surface area contributed by atoms with E-state index >= 15 is 0 Å². The fraction of sp³-hybridized carbons (Fsp3) is 0.148. The average molecular weight is 1240 g/mol. The van der Waals surface area contributed by atoms with Gasteiger partial charge in [-0.2, -0.15) is 32.2 Å². The monoisotopic (exact) mass is 1240 g/mol. The molecule has 0 radical (unpaired) electrons. The Kier molecular flexibility index (Phi) is 20.4. The van der Waals surface area contributed by atoms with Gasteiger partial charge in [-0.05, 0) is 121 Å². The van der Waals surface area contributed by atoms with E-state index in [2.05, 4.69) is 30.8 Å². The summed E-state index contributed by atoms with van der Waals surface area (Å²) in [5.74, 6) is -1.51. The number of azo groups is 2. The molecule has 4 N–H and O–H groups in total. The van der Waals surface area contributed by atoms with Gasteiger partial charge in [0, 0.05) is 10.8 Å². The van der Waals surface area contributed by atoms with Gasteiger partial charge in [0.25, 0.3) is 26.1 Å². The predicted molar refractivity (Wildman–Crippen MR) is 294 cm³/mol. The van der Waals surface area contributed by atoms with Crippen molar-refractivity contribution in [1.29, 1.82) is 0 Å². The van der Waals surface area contributed by atoms with Crippen molar-refractivity contribution >= 4 is 160 Å². The molecule has 18 nitrogen and oxygen atoms in total. The maximum absolute atomic E-state index is 13.4. The number of nitrogens with one attached hydrogen (secondary N) is 1. The second-order valence-corrected chi connectivity index (χ2v) is 19.8. The first-order valence-corrected chi connectivity index (χ1v) is 26.8. The second-order valence-electron chi connectivity index (χ2n) is 16.3. The molecule has 8 rings (SSSR count). The number of halogens is 2. The molecule has 392 valence electrons. The molecule has 0 unspecified atom stereocenters. The van der Waals surface area contributed by atoms with Gasteiger partial charge in [0.1, 0.15) is 32.7 Å². The van der Waals surface area contributed by atoms with Gasteiger partial charge >= 0.3 is 48.9 Å². The van der Waals surface area contributed by atoms with Crippen LogP contribution in [0.25, 0.3) is 21.5 Å². The Labute approximate surface area is 493 Å². The number of phenolic OH excluding ortho intramolecular Hbond substituents is 1. The van der Waals surface area contributed by atoms with E-state index < -0.39 is 48.4 Å². The van der Waals surface area contributed by atoms with Crippen LogP contribution in [0.3, 0.4) is 0 Å². The summed E-state index contributed by atoms with van der Waals surface area (Å²) in [6.07, 6.45) is 0.494. The number of carbonyl (C=O) groups excluding carboxylic acids is 1. The van der Waals surface area contributed by atoms with Gasteiger partial charge in [0.2, 0.25) is 0 Å². The summed E-state index contributed by atoms with van der Waals surface area (Å²) in [6, 6.07) is 35.9. The maximum Gasteiger partial charge on any atom is 2.00 e. The Balaban J connectivity index is 0.000000246. The Morgan fingerprint density at radius 3 is 1.60 bits per heavy atom. The van der Waals surface area contributed by atoms with Gasteiger partial charge < -0.3 is 30.1 Å². The van der Waals surface area contributed by atoms with Gasteiger partial charge in [-0.15, -0.1) is 5.11 Å². The zero-order valence-electron chi connectivity index (χ0n) is 41.6. The zero-order chi connectivity index (χ0) is 54.9. The third-order valence-electron chi connectivity index (χ3n) is 11.3. The summed E-state index contributed by atoms with van der Waals surface area (Å²) in [5, 5.41) is 58.8. The standard InChI is InChI=1S/2C27H24ClN3O6S.Ba/c2*1-3-16-13-18(15-21(28)26(16)38(34,35)36)30-31-24-19-10-6-5-9-17(19)14-20(25(24)32)27(33)29-22-11-7-8-12-23(22)37-4-2;/h2*5-15,32H,3-4H2,1-2H3,(H,29,33)(H,34,35,36);/q;;+2/p-2. The molecule has 0 saturated carbocycles. The first-order chi connectivity index (χ1) is 36.3. The fourth-order valence-corrected chi connectivity index (χ4v) is 10.6. The maximum atomic E-state index is 13.4. The molecule has 0 bridgehead atoms. The summed E-state index contributed by atoms with van der Waals surface area (Å²) in [6.45, 7) is 7.82. The number of amides is 1. The van der Waals surface area contributed by atoms with Gasteiger partial charge in [0.15, 0.2) is 5.75 Å². The van der Waals surface area contributed by atoms with Crippen LogP contribution in [0.15, 0.2) is 169 Å². The Morgan fingerprint density at radius 2 is 1.06 bits per heavy atom. The number of nitrogens with zero attached hydrogens (tertiary/aromatic N) is 5. The van der Waals surface area contributed by atoms with Crippen LogP contribution in [0.2, 0.25) is 10.0 Å². The smallest absolute Gasteiger partial charge is 0.871 e. The average Bonchev–Trinajstić information content (AvgIpc) is 3.38.